The van der Waals surface area contributed by atoms with Gasteiger partial charge in [-0.2, -0.15) is 0 Å². The number of para-hydroxylation sites is 1. The third-order valence-electron chi connectivity index (χ3n) is 3.08. The van der Waals surface area contributed by atoms with E-state index in [0.717, 1.165) is 22.3 Å². The molecule has 0 radical (unpaired) electrons. The van der Waals surface area contributed by atoms with Crippen LogP contribution in [0.25, 0.3) is 0 Å². The Morgan fingerprint density at radius 3 is 2.83 bits per heavy atom. The predicted molar refractivity (Wildman–Crippen MR) is 96.0 cm³/mol. The van der Waals surface area contributed by atoms with Crippen LogP contribution in [-0.4, -0.2) is 24.6 Å². The number of nitrogens with one attached hydrogen (secondary N) is 2. The summed E-state index contributed by atoms with van der Waals surface area (Å²) in [5, 5.41) is 7.59. The quantitative estimate of drug-likeness (QED) is 0.466. The number of ether oxygens (including phenoxy) is 1. The first-order chi connectivity index (χ1) is 11.2. The summed E-state index contributed by atoms with van der Waals surface area (Å²) in [6, 6.07) is 7.93. The molecule has 0 unspecified atom stereocenters. The number of guanidine groups is 1. The molecule has 0 aliphatic heterocycles. The van der Waals surface area contributed by atoms with Gasteiger partial charge in [-0.3, -0.25) is 4.99 Å². The minimum Gasteiger partial charge on any atom is -0.489 e. The molecular formula is C17H22N4OS. The van der Waals surface area contributed by atoms with Gasteiger partial charge in [0.2, 0.25) is 0 Å². The molecule has 122 valence electrons. The van der Waals surface area contributed by atoms with Gasteiger partial charge in [0, 0.05) is 30.2 Å². The van der Waals surface area contributed by atoms with Gasteiger partial charge < -0.3 is 15.4 Å². The summed E-state index contributed by atoms with van der Waals surface area (Å²) < 4.78 is 5.66. The number of hydrogen-bond acceptors (Lipinski definition) is 4. The van der Waals surface area contributed by atoms with Crippen LogP contribution in [0.15, 0.2) is 48.1 Å². The molecule has 5 nitrogen and oxygen atoms in total. The van der Waals surface area contributed by atoms with Gasteiger partial charge in [-0.15, -0.1) is 11.3 Å². The highest BCUT2D eigenvalue weighted by atomic mass is 32.1. The minimum atomic E-state index is 0.493. The smallest absolute Gasteiger partial charge is 0.191 e. The van der Waals surface area contributed by atoms with Crippen molar-refractivity contribution in [3.05, 3.63) is 58.6 Å². The number of nitrogens with zero attached hydrogens (tertiary/aromatic N) is 2. The fraction of sp³-hybridized carbons (Fsp3) is 0.294. The molecule has 23 heavy (non-hydrogen) atoms. The van der Waals surface area contributed by atoms with E-state index in [2.05, 4.69) is 34.1 Å². The van der Waals surface area contributed by atoms with Crippen molar-refractivity contribution in [3.8, 4) is 5.75 Å². The second kappa shape index (κ2) is 8.95. The fourth-order valence-electron chi connectivity index (χ4n) is 1.98. The Kier molecular flexibility index (Phi) is 6.62. The van der Waals surface area contributed by atoms with Crippen molar-refractivity contribution in [1.82, 2.24) is 15.6 Å². The van der Waals surface area contributed by atoms with Crippen LogP contribution in [0.3, 0.4) is 0 Å². The van der Waals surface area contributed by atoms with E-state index in [1.165, 1.54) is 4.88 Å². The van der Waals surface area contributed by atoms with E-state index in [0.29, 0.717) is 19.7 Å². The molecule has 0 spiro atoms. The van der Waals surface area contributed by atoms with E-state index in [1.807, 2.05) is 30.5 Å². The molecule has 0 saturated carbocycles. The lowest BCUT2D eigenvalue weighted by molar-refractivity contribution is 0.358. The maximum Gasteiger partial charge on any atom is 0.191 e. The van der Waals surface area contributed by atoms with Crippen LogP contribution in [0.2, 0.25) is 0 Å². The first-order valence-electron chi connectivity index (χ1n) is 7.40. The van der Waals surface area contributed by atoms with Crippen LogP contribution >= 0.6 is 11.3 Å². The van der Waals surface area contributed by atoms with Crippen LogP contribution in [-0.2, 0) is 13.1 Å². The lowest BCUT2D eigenvalue weighted by Gasteiger charge is -2.13. The molecule has 1 aromatic heterocycles. The molecule has 2 N–H and O–H groups in total. The number of thiazole rings is 1. The molecule has 0 atom stereocenters. The van der Waals surface area contributed by atoms with Crippen molar-refractivity contribution >= 4 is 17.3 Å². The Hall–Kier alpha value is -2.34. The van der Waals surface area contributed by atoms with Crippen molar-refractivity contribution in [2.75, 3.05) is 13.7 Å². The van der Waals surface area contributed by atoms with E-state index in [9.17, 15) is 0 Å². The molecule has 0 fully saturated rings. The van der Waals surface area contributed by atoms with E-state index in [4.69, 9.17) is 4.74 Å². The highest BCUT2D eigenvalue weighted by molar-refractivity contribution is 7.11. The lowest BCUT2D eigenvalue weighted by Crippen LogP contribution is -2.36. The Balaban J connectivity index is 1.89. The number of aromatic nitrogens is 1. The molecule has 0 amide bonds. The second-order valence-corrected chi connectivity index (χ2v) is 6.17. The van der Waals surface area contributed by atoms with E-state index < -0.39 is 0 Å². The van der Waals surface area contributed by atoms with Crippen LogP contribution in [0, 0.1) is 6.92 Å². The summed E-state index contributed by atoms with van der Waals surface area (Å²) in [6.45, 7) is 7.50. The van der Waals surface area contributed by atoms with Gasteiger partial charge in [0.15, 0.2) is 5.96 Å². The first kappa shape index (κ1) is 17.0. The van der Waals surface area contributed by atoms with Crippen LogP contribution in [0.4, 0.5) is 0 Å². The van der Waals surface area contributed by atoms with Crippen molar-refractivity contribution < 1.29 is 4.74 Å². The largest absolute Gasteiger partial charge is 0.489 e. The lowest BCUT2D eigenvalue weighted by atomic mass is 10.2. The molecule has 1 aromatic carbocycles. The van der Waals surface area contributed by atoms with Crippen LogP contribution < -0.4 is 15.4 Å². The second-order valence-electron chi connectivity index (χ2n) is 4.85. The van der Waals surface area contributed by atoms with Gasteiger partial charge in [-0.25, -0.2) is 4.98 Å². The van der Waals surface area contributed by atoms with Gasteiger partial charge in [0.05, 0.1) is 6.54 Å². The molecule has 0 aliphatic carbocycles. The van der Waals surface area contributed by atoms with Gasteiger partial charge in [0.25, 0.3) is 0 Å². The molecule has 6 heteroatoms. The summed E-state index contributed by atoms with van der Waals surface area (Å²) in [6.07, 6.45) is 3.62. The SMILES string of the molecule is C=CCOc1ccccc1CNC(=NC)NCc1ncc(C)s1. The zero-order valence-corrected chi connectivity index (χ0v) is 14.3. The van der Waals surface area contributed by atoms with Crippen LogP contribution in [0.1, 0.15) is 15.4 Å². The number of hydrogen-bond donors (Lipinski definition) is 2. The third kappa shape index (κ3) is 5.41. The molecule has 2 aromatic rings. The van der Waals surface area contributed by atoms with Gasteiger partial charge in [-0.05, 0) is 13.0 Å². The van der Waals surface area contributed by atoms with E-state index in [-0.39, 0.29) is 0 Å². The van der Waals surface area contributed by atoms with Crippen molar-refractivity contribution in [1.29, 1.82) is 0 Å². The fourth-order valence-corrected chi connectivity index (χ4v) is 2.71. The van der Waals surface area contributed by atoms with Crippen molar-refractivity contribution in [3.63, 3.8) is 0 Å². The van der Waals surface area contributed by atoms with Gasteiger partial charge >= 0.3 is 0 Å². The molecule has 2 rings (SSSR count). The zero-order valence-electron chi connectivity index (χ0n) is 13.5. The standard InChI is InChI=1S/C17H22N4OS/c1-4-9-22-15-8-6-5-7-14(15)11-20-17(18-3)21-12-16-19-10-13(2)23-16/h4-8,10H,1,9,11-12H2,2-3H3,(H2,18,20,21). The number of aryl methyl sites for hydroxylation is 1. The molecule has 0 aliphatic rings. The average Bonchev–Trinajstić information content (AvgIpc) is 2.99. The number of benzene rings is 1. The maximum atomic E-state index is 5.66. The summed E-state index contributed by atoms with van der Waals surface area (Å²) in [5.41, 5.74) is 1.07. The number of aliphatic imine (C=N–C) groups is 1. The summed E-state index contributed by atoms with van der Waals surface area (Å²) in [5.74, 6) is 1.59. The highest BCUT2D eigenvalue weighted by Gasteiger charge is 2.05. The first-order valence-corrected chi connectivity index (χ1v) is 8.22. The summed E-state index contributed by atoms with van der Waals surface area (Å²) in [4.78, 5) is 9.77. The zero-order chi connectivity index (χ0) is 16.5. The topological polar surface area (TPSA) is 58.5 Å². The normalized spacial score (nSPS) is 11.1. The maximum absolute atomic E-state index is 5.66. The van der Waals surface area contributed by atoms with E-state index in [1.54, 1.807) is 24.5 Å². The molecular weight excluding hydrogens is 308 g/mol. The Labute approximate surface area is 141 Å². The minimum absolute atomic E-state index is 0.493. The van der Waals surface area contributed by atoms with Gasteiger partial charge in [-0.1, -0.05) is 30.9 Å². The Morgan fingerprint density at radius 1 is 1.35 bits per heavy atom. The Morgan fingerprint density at radius 2 is 2.13 bits per heavy atom. The Bertz CT molecular complexity index is 666. The average molecular weight is 330 g/mol. The van der Waals surface area contributed by atoms with E-state index >= 15 is 0 Å². The monoisotopic (exact) mass is 330 g/mol. The summed E-state index contributed by atoms with van der Waals surface area (Å²) >= 11 is 1.68. The molecule has 0 saturated heterocycles. The van der Waals surface area contributed by atoms with Gasteiger partial charge in [0.1, 0.15) is 17.4 Å². The van der Waals surface area contributed by atoms with Crippen LogP contribution in [0.5, 0.6) is 5.75 Å². The molecule has 1 heterocycles. The van der Waals surface area contributed by atoms with Crippen molar-refractivity contribution in [2.24, 2.45) is 4.99 Å². The predicted octanol–water partition coefficient (Wildman–Crippen LogP) is 2.88. The number of rotatable bonds is 7. The molecule has 0 bridgehead atoms. The third-order valence-corrected chi connectivity index (χ3v) is 3.99. The highest BCUT2D eigenvalue weighted by Crippen LogP contribution is 2.17. The van der Waals surface area contributed by atoms with Crippen molar-refractivity contribution in [2.45, 2.75) is 20.0 Å². The summed E-state index contributed by atoms with van der Waals surface area (Å²) in [7, 11) is 1.75.